The number of carbonyl (C=O) groups is 5. The van der Waals surface area contributed by atoms with Crippen LogP contribution in [0, 0.1) is 27.7 Å². The Morgan fingerprint density at radius 1 is 0.520 bits per heavy atom. The van der Waals surface area contributed by atoms with Crippen LogP contribution in [0.25, 0.3) is 21.8 Å². The number of unbranched alkanes of at least 4 members (excludes halogenated alkanes) is 1. The van der Waals surface area contributed by atoms with E-state index in [1.165, 1.54) is 0 Å². The summed E-state index contributed by atoms with van der Waals surface area (Å²) >= 11 is 12.0. The number of nitrogens with two attached hydrogens (primary N) is 1. The highest BCUT2D eigenvalue weighted by atomic mass is 35.5. The average Bonchev–Trinajstić information content (AvgIpc) is 3.82. The van der Waals surface area contributed by atoms with E-state index in [-0.39, 0.29) is 35.7 Å². The maximum absolute atomic E-state index is 13.5. The molecule has 0 aliphatic rings. The van der Waals surface area contributed by atoms with Crippen molar-refractivity contribution in [2.45, 2.75) is 125 Å². The lowest BCUT2D eigenvalue weighted by molar-refractivity contribution is -0.122. The molecule has 1 amide bonds. The third kappa shape index (κ3) is 18.3. The fourth-order valence-electron chi connectivity index (χ4n) is 8.83. The summed E-state index contributed by atoms with van der Waals surface area (Å²) in [6.07, 6.45) is 31.5. The van der Waals surface area contributed by atoms with E-state index in [2.05, 4.69) is 73.0 Å². The lowest BCUT2D eigenvalue weighted by Crippen LogP contribution is -2.24. The molecule has 2 aromatic heterocycles. The van der Waals surface area contributed by atoms with Crippen molar-refractivity contribution in [2.24, 2.45) is 5.73 Å². The summed E-state index contributed by atoms with van der Waals surface area (Å²) in [5, 5.41) is 5.98. The molecule has 11 heteroatoms. The molecule has 0 saturated heterocycles. The second-order valence-electron chi connectivity index (χ2n) is 18.8. The maximum atomic E-state index is 13.5. The highest BCUT2D eigenvalue weighted by Gasteiger charge is 2.23. The van der Waals surface area contributed by atoms with Gasteiger partial charge in [-0.25, -0.2) is 0 Å². The summed E-state index contributed by atoms with van der Waals surface area (Å²) in [5.41, 5.74) is 13.7. The normalized spacial score (nSPS) is 11.8. The minimum atomic E-state index is -0.152. The number of ketones is 2. The number of nitrogens with zero attached hydrogens (tertiary/aromatic N) is 2. The molecule has 0 aliphatic carbocycles. The van der Waals surface area contributed by atoms with Crippen LogP contribution < -0.4 is 11.1 Å². The predicted octanol–water partition coefficient (Wildman–Crippen LogP) is 15.0. The van der Waals surface area contributed by atoms with E-state index in [1.807, 2.05) is 64.1 Å². The standard InChI is InChI=1S/C42H51ClN2O3.C22H23ClN2O2/c1-4-5-6-7-8-9-10-11-12-13-14-15-16-17-18-19-20-23-41(47)44-30-21-22-37(46)32-38-34(3)45(40-29-24-33(2)31-39(38)40)42(48)35-25-27-36(43)28-26-35;1-14-5-10-21-20(12-14)19(13-18(26)4-3-11-24)15(2)25(21)22(27)16-6-8-17(23)9-7-16/h5-6,8-9,11-12,14-15,17-18,24-29,31H,4,7,10,13,16,19-23,30,32H2,1-3H3,(H,44,47);5-10,12H,3-4,11,13,24H2,1-2H3/b6-5-,9-8-,12-11-,15-14-,18-17-;. The molecule has 0 atom stereocenters. The molecule has 0 bridgehead atoms. The fourth-order valence-corrected chi connectivity index (χ4v) is 9.08. The summed E-state index contributed by atoms with van der Waals surface area (Å²) < 4.78 is 3.39. The minimum absolute atomic E-state index is 0.0184. The molecule has 0 saturated carbocycles. The van der Waals surface area contributed by atoms with E-state index in [0.29, 0.717) is 72.8 Å². The van der Waals surface area contributed by atoms with Gasteiger partial charge in [-0.1, -0.05) is 114 Å². The molecule has 6 rings (SSSR count). The Balaban J connectivity index is 0.000000323. The van der Waals surface area contributed by atoms with Gasteiger partial charge in [-0.05, 0) is 176 Å². The van der Waals surface area contributed by atoms with Crippen molar-refractivity contribution in [3.05, 3.63) is 201 Å². The van der Waals surface area contributed by atoms with Crippen LogP contribution in [-0.2, 0) is 27.2 Å². The van der Waals surface area contributed by atoms with E-state index in [0.717, 1.165) is 100 Å². The number of allylic oxidation sites excluding steroid dienone is 10. The van der Waals surface area contributed by atoms with Gasteiger partial charge < -0.3 is 11.1 Å². The van der Waals surface area contributed by atoms with Gasteiger partial charge in [0.2, 0.25) is 5.91 Å². The van der Waals surface area contributed by atoms with Crippen LogP contribution in [0.3, 0.4) is 0 Å². The minimum Gasteiger partial charge on any atom is -0.356 e. The third-order valence-corrected chi connectivity index (χ3v) is 13.4. The first-order valence-corrected chi connectivity index (χ1v) is 27.1. The van der Waals surface area contributed by atoms with E-state index >= 15 is 0 Å². The Labute approximate surface area is 454 Å². The predicted molar refractivity (Wildman–Crippen MR) is 311 cm³/mol. The fraction of sp³-hybridized carbons (Fsp3) is 0.328. The van der Waals surface area contributed by atoms with E-state index < -0.39 is 0 Å². The van der Waals surface area contributed by atoms with Gasteiger partial charge in [-0.3, -0.25) is 33.1 Å². The molecular formula is C64H74Cl2N4O5. The molecule has 4 aromatic carbocycles. The van der Waals surface area contributed by atoms with Crippen LogP contribution in [0.2, 0.25) is 10.0 Å². The first-order chi connectivity index (χ1) is 36.2. The van der Waals surface area contributed by atoms with Crippen LogP contribution >= 0.6 is 23.2 Å². The van der Waals surface area contributed by atoms with Crippen molar-refractivity contribution in [3.63, 3.8) is 0 Å². The monoisotopic (exact) mass is 1050 g/mol. The molecule has 394 valence electrons. The molecular weight excluding hydrogens is 976 g/mol. The highest BCUT2D eigenvalue weighted by molar-refractivity contribution is 6.31. The van der Waals surface area contributed by atoms with Gasteiger partial charge in [0.15, 0.2) is 0 Å². The molecule has 9 nitrogen and oxygen atoms in total. The molecule has 0 unspecified atom stereocenters. The lowest BCUT2D eigenvalue weighted by atomic mass is 10.0. The van der Waals surface area contributed by atoms with Crippen LogP contribution in [-0.4, -0.2) is 51.5 Å². The number of hydrogen-bond acceptors (Lipinski definition) is 6. The summed E-state index contributed by atoms with van der Waals surface area (Å²) in [5.74, 6) is -0.0300. The van der Waals surface area contributed by atoms with Crippen molar-refractivity contribution >= 4 is 74.3 Å². The molecule has 2 heterocycles. The number of carbonyl (C=O) groups excluding carboxylic acids is 5. The summed E-state index contributed by atoms with van der Waals surface area (Å²) in [4.78, 5) is 64.3. The Bertz CT molecular complexity index is 3040. The second-order valence-corrected chi connectivity index (χ2v) is 19.7. The zero-order valence-electron chi connectivity index (χ0n) is 44.4. The van der Waals surface area contributed by atoms with Gasteiger partial charge in [0.05, 0.1) is 11.0 Å². The van der Waals surface area contributed by atoms with Crippen LogP contribution in [0.1, 0.15) is 138 Å². The van der Waals surface area contributed by atoms with E-state index in [9.17, 15) is 24.0 Å². The number of nitrogens with one attached hydrogen (secondary N) is 1. The Kier molecular flexibility index (Phi) is 24.7. The molecule has 3 N–H and O–H groups in total. The number of fused-ring (bicyclic) bond motifs is 2. The summed E-state index contributed by atoms with van der Waals surface area (Å²) in [7, 11) is 0. The van der Waals surface area contributed by atoms with E-state index in [4.69, 9.17) is 28.9 Å². The lowest BCUT2D eigenvalue weighted by Gasteiger charge is -2.08. The largest absolute Gasteiger partial charge is 0.356 e. The Morgan fingerprint density at radius 2 is 0.933 bits per heavy atom. The first-order valence-electron chi connectivity index (χ1n) is 26.3. The molecule has 0 aliphatic heterocycles. The zero-order valence-corrected chi connectivity index (χ0v) is 46.0. The highest BCUT2D eigenvalue weighted by Crippen LogP contribution is 2.31. The van der Waals surface area contributed by atoms with Crippen molar-refractivity contribution in [1.29, 1.82) is 0 Å². The SMILES string of the molecule is CC/C=C\C/C=C\C/C=C\C/C=C\C/C=C\CCCC(=O)NCCCC(=O)Cc1c(C)n(C(=O)c2ccc(Cl)cc2)c2ccc(C)cc12.Cc1ccc2c(c1)c(CC(=O)CCCN)c(C)n2C(=O)c1ccc(Cl)cc1. The summed E-state index contributed by atoms with van der Waals surface area (Å²) in [6.45, 7) is 10.9. The quantitative estimate of drug-likeness (QED) is 0.0411. The van der Waals surface area contributed by atoms with Gasteiger partial charge in [-0.15, -0.1) is 0 Å². The molecule has 0 fully saturated rings. The van der Waals surface area contributed by atoms with Gasteiger partial charge in [0.25, 0.3) is 11.8 Å². The number of rotatable bonds is 26. The van der Waals surface area contributed by atoms with Gasteiger partial charge in [-0.2, -0.15) is 0 Å². The van der Waals surface area contributed by atoms with Crippen molar-refractivity contribution in [1.82, 2.24) is 14.5 Å². The van der Waals surface area contributed by atoms with Crippen molar-refractivity contribution < 1.29 is 24.0 Å². The Morgan fingerprint density at radius 3 is 1.36 bits per heavy atom. The van der Waals surface area contributed by atoms with Crippen molar-refractivity contribution in [2.75, 3.05) is 13.1 Å². The number of hydrogen-bond donors (Lipinski definition) is 2. The molecule has 0 spiro atoms. The van der Waals surface area contributed by atoms with Crippen LogP contribution in [0.15, 0.2) is 146 Å². The van der Waals surface area contributed by atoms with Gasteiger partial charge >= 0.3 is 0 Å². The second kappa shape index (κ2) is 31.3. The smallest absolute Gasteiger partial charge is 0.262 e. The zero-order chi connectivity index (χ0) is 54.1. The first kappa shape index (κ1) is 59.2. The van der Waals surface area contributed by atoms with E-state index in [1.54, 1.807) is 57.7 Å². The number of aryl methyl sites for hydroxylation is 2. The van der Waals surface area contributed by atoms with Crippen LogP contribution in [0.4, 0.5) is 0 Å². The topological polar surface area (TPSA) is 133 Å². The average molecular weight is 1050 g/mol. The van der Waals surface area contributed by atoms with Gasteiger partial charge in [0, 0.05) is 82.0 Å². The van der Waals surface area contributed by atoms with Crippen molar-refractivity contribution in [3.8, 4) is 0 Å². The summed E-state index contributed by atoms with van der Waals surface area (Å²) in [6, 6.07) is 25.6. The third-order valence-electron chi connectivity index (χ3n) is 12.9. The maximum Gasteiger partial charge on any atom is 0.262 e. The number of aromatic nitrogens is 2. The number of halogens is 2. The number of Topliss-reactive ketones (excluding diaryl/α,β-unsaturated/α-hetero) is 2. The number of amides is 1. The number of benzene rings is 4. The van der Waals surface area contributed by atoms with Crippen LogP contribution in [0.5, 0.6) is 0 Å². The molecule has 6 aromatic rings. The van der Waals surface area contributed by atoms with Gasteiger partial charge in [0.1, 0.15) is 11.6 Å². The molecule has 75 heavy (non-hydrogen) atoms. The Hall–Kier alpha value is -6.65. The molecule has 0 radical (unpaired) electrons.